The van der Waals surface area contributed by atoms with E-state index in [1.54, 1.807) is 36.0 Å². The number of halogens is 3. The molecule has 43 heavy (non-hydrogen) atoms. The molecule has 2 aromatic carbocycles. The molecule has 4 N–H and O–H groups in total. The van der Waals surface area contributed by atoms with Gasteiger partial charge in [-0.15, -0.1) is 0 Å². The van der Waals surface area contributed by atoms with Crippen LogP contribution in [-0.2, 0) is 23.4 Å². The molecular weight excluding hydrogens is 559 g/mol. The van der Waals surface area contributed by atoms with Crippen molar-refractivity contribution in [2.24, 2.45) is 7.05 Å². The number of urea groups is 1. The van der Waals surface area contributed by atoms with Crippen molar-refractivity contribution in [1.29, 1.82) is 0 Å². The second-order valence-electron chi connectivity index (χ2n) is 11.5. The zero-order valence-corrected chi connectivity index (χ0v) is 24.6. The van der Waals surface area contributed by atoms with Crippen molar-refractivity contribution in [3.63, 3.8) is 0 Å². The highest BCUT2D eigenvalue weighted by atomic mass is 19.4. The van der Waals surface area contributed by atoms with Crippen molar-refractivity contribution >= 4 is 40.2 Å². The van der Waals surface area contributed by atoms with Gasteiger partial charge in [0.2, 0.25) is 5.91 Å². The van der Waals surface area contributed by atoms with E-state index in [2.05, 4.69) is 15.7 Å². The summed E-state index contributed by atoms with van der Waals surface area (Å²) in [5.41, 5.74) is 7.91. The lowest BCUT2D eigenvalue weighted by Gasteiger charge is -2.34. The lowest BCUT2D eigenvalue weighted by atomic mass is 9.93. The molecule has 9 nitrogen and oxygen atoms in total. The second kappa shape index (κ2) is 10.9. The number of nitrogens with two attached hydrogens (primary N) is 1. The van der Waals surface area contributed by atoms with Gasteiger partial charge in [-0.2, -0.15) is 18.3 Å². The number of aromatic nitrogens is 3. The van der Waals surface area contributed by atoms with Gasteiger partial charge in [0.1, 0.15) is 0 Å². The van der Waals surface area contributed by atoms with Gasteiger partial charge in [0.05, 0.1) is 22.1 Å². The maximum Gasteiger partial charge on any atom is 0.416 e. The van der Waals surface area contributed by atoms with E-state index in [9.17, 15) is 22.8 Å². The van der Waals surface area contributed by atoms with E-state index in [1.807, 2.05) is 38.7 Å². The van der Waals surface area contributed by atoms with E-state index in [1.165, 1.54) is 12.1 Å². The van der Waals surface area contributed by atoms with Gasteiger partial charge in [0.25, 0.3) is 0 Å². The van der Waals surface area contributed by atoms with Crippen LogP contribution < -0.4 is 16.4 Å². The molecule has 4 aromatic rings. The number of alkyl halides is 3. The molecule has 0 spiro atoms. The number of nitrogens with one attached hydrogen (secondary N) is 2. The number of carbonyl (C=O) groups is 2. The molecule has 2 aromatic heterocycles. The molecule has 1 saturated carbocycles. The van der Waals surface area contributed by atoms with Gasteiger partial charge >= 0.3 is 12.2 Å². The number of nitrogens with zero attached hydrogens (tertiary/aromatic N) is 4. The fourth-order valence-electron chi connectivity index (χ4n) is 5.57. The predicted octanol–water partition coefficient (Wildman–Crippen LogP) is 6.56. The van der Waals surface area contributed by atoms with Crippen molar-refractivity contribution in [3.8, 4) is 11.1 Å². The first-order valence-electron chi connectivity index (χ1n) is 14.0. The third-order valence-electron chi connectivity index (χ3n) is 7.72. The summed E-state index contributed by atoms with van der Waals surface area (Å²) in [4.78, 5) is 33.2. The Morgan fingerprint density at radius 1 is 0.977 bits per heavy atom. The molecule has 0 radical (unpaired) electrons. The van der Waals surface area contributed by atoms with E-state index in [4.69, 9.17) is 10.7 Å². The normalized spacial score (nSPS) is 14.3. The molecule has 12 heteroatoms. The van der Waals surface area contributed by atoms with Crippen LogP contribution in [0.3, 0.4) is 0 Å². The van der Waals surface area contributed by atoms with Crippen LogP contribution in [0, 0.1) is 0 Å². The van der Waals surface area contributed by atoms with Gasteiger partial charge in [-0.3, -0.25) is 4.79 Å². The van der Waals surface area contributed by atoms with Crippen LogP contribution in [0.1, 0.15) is 51.8 Å². The van der Waals surface area contributed by atoms with Crippen molar-refractivity contribution in [2.75, 3.05) is 16.4 Å². The number of aryl methyl sites for hydroxylation is 1. The highest BCUT2D eigenvalue weighted by molar-refractivity contribution is 6.03. The van der Waals surface area contributed by atoms with E-state index >= 15 is 0 Å². The standard InChI is InChI=1S/C31H34F3N7O2/c1-17(2)41(18(3)4)28(42)30(13-14-30)24-16-23(25-26(35)39-40(5)27(25)38-24)19-9-11-21(12-10-19)36-29(43)37-22-8-6-7-20(15-22)31(32,33)34/h6-12,15-18H,13-14H2,1-5H3,(H2,35,39)(H2,36,37,43). The molecule has 0 unspecified atom stereocenters. The van der Waals surface area contributed by atoms with Crippen molar-refractivity contribution in [1.82, 2.24) is 19.7 Å². The summed E-state index contributed by atoms with van der Waals surface area (Å²) in [6.45, 7) is 8.03. The minimum Gasteiger partial charge on any atom is -0.382 e. The van der Waals surface area contributed by atoms with Crippen molar-refractivity contribution in [3.05, 3.63) is 65.9 Å². The molecule has 0 aliphatic heterocycles. The predicted molar refractivity (Wildman–Crippen MR) is 160 cm³/mol. The zero-order valence-electron chi connectivity index (χ0n) is 24.6. The monoisotopic (exact) mass is 593 g/mol. The first kappa shape index (κ1) is 29.9. The second-order valence-corrected chi connectivity index (χ2v) is 11.5. The fraction of sp³-hybridized carbons (Fsp3) is 0.355. The minimum absolute atomic E-state index is 0.0137. The molecule has 2 heterocycles. The van der Waals surface area contributed by atoms with Crippen LogP contribution in [0.4, 0.5) is 35.2 Å². The van der Waals surface area contributed by atoms with Crippen molar-refractivity contribution in [2.45, 2.75) is 64.2 Å². The average Bonchev–Trinajstić information content (AvgIpc) is 3.69. The summed E-state index contributed by atoms with van der Waals surface area (Å²) in [7, 11) is 1.76. The van der Waals surface area contributed by atoms with Crippen LogP contribution in [0.15, 0.2) is 54.6 Å². The Morgan fingerprint density at radius 2 is 1.60 bits per heavy atom. The van der Waals surface area contributed by atoms with E-state index < -0.39 is 23.2 Å². The number of carbonyl (C=O) groups excluding carboxylic acids is 2. The van der Waals surface area contributed by atoms with Crippen molar-refractivity contribution < 1.29 is 22.8 Å². The Bertz CT molecular complexity index is 1680. The highest BCUT2D eigenvalue weighted by Gasteiger charge is 2.55. The number of hydrogen-bond acceptors (Lipinski definition) is 5. The molecule has 1 aliphatic carbocycles. The Balaban J connectivity index is 1.44. The van der Waals surface area contributed by atoms with E-state index in [0.29, 0.717) is 41.1 Å². The third-order valence-corrected chi connectivity index (χ3v) is 7.72. The van der Waals surface area contributed by atoms with Crippen LogP contribution in [0.5, 0.6) is 0 Å². The summed E-state index contributed by atoms with van der Waals surface area (Å²) in [5.74, 6) is 0.355. The van der Waals surface area contributed by atoms with Gasteiger partial charge in [-0.1, -0.05) is 18.2 Å². The lowest BCUT2D eigenvalue weighted by molar-refractivity contribution is -0.138. The molecule has 1 fully saturated rings. The largest absolute Gasteiger partial charge is 0.416 e. The Kier molecular flexibility index (Phi) is 7.57. The third kappa shape index (κ3) is 5.73. The summed E-state index contributed by atoms with van der Waals surface area (Å²) in [6, 6.07) is 12.6. The summed E-state index contributed by atoms with van der Waals surface area (Å²) < 4.78 is 40.7. The fourth-order valence-corrected chi connectivity index (χ4v) is 5.57. The van der Waals surface area contributed by atoms with Gasteiger partial charge in [-0.05, 0) is 88.1 Å². The van der Waals surface area contributed by atoms with Gasteiger partial charge in [0.15, 0.2) is 11.5 Å². The summed E-state index contributed by atoms with van der Waals surface area (Å²) in [5, 5.41) is 10.1. The number of rotatable bonds is 7. The van der Waals surface area contributed by atoms with Crippen LogP contribution >= 0.6 is 0 Å². The minimum atomic E-state index is -4.52. The topological polar surface area (TPSA) is 118 Å². The number of nitrogen functional groups attached to an aromatic ring is 1. The SMILES string of the molecule is CC(C)N(C(=O)C1(c2cc(-c3ccc(NC(=O)Nc4cccc(C(F)(F)F)c4)cc3)c3c(N)nn(C)c3n2)CC1)C(C)C. The number of pyridine rings is 1. The zero-order chi connectivity index (χ0) is 31.3. The highest BCUT2D eigenvalue weighted by Crippen LogP contribution is 2.51. The van der Waals surface area contributed by atoms with Crippen LogP contribution in [0.25, 0.3) is 22.2 Å². The number of hydrogen-bond donors (Lipinski definition) is 3. The summed E-state index contributed by atoms with van der Waals surface area (Å²) in [6.07, 6.45) is -3.14. The van der Waals surface area contributed by atoms with E-state index in [-0.39, 0.29) is 23.7 Å². The van der Waals surface area contributed by atoms with Gasteiger partial charge in [0, 0.05) is 30.5 Å². The smallest absolute Gasteiger partial charge is 0.382 e. The number of amides is 3. The maximum absolute atomic E-state index is 13.9. The van der Waals surface area contributed by atoms with Gasteiger partial charge in [-0.25, -0.2) is 14.5 Å². The Morgan fingerprint density at radius 3 is 2.19 bits per heavy atom. The average molecular weight is 594 g/mol. The number of anilines is 3. The Labute approximate surface area is 247 Å². The molecule has 226 valence electrons. The molecule has 0 saturated heterocycles. The van der Waals surface area contributed by atoms with E-state index in [0.717, 1.165) is 23.3 Å². The molecular formula is C31H34F3N7O2. The maximum atomic E-state index is 13.9. The lowest BCUT2D eigenvalue weighted by Crippen LogP contribution is -2.47. The first-order valence-corrected chi connectivity index (χ1v) is 14.0. The molecule has 3 amide bonds. The quantitative estimate of drug-likeness (QED) is 0.224. The molecule has 0 atom stereocenters. The van der Waals surface area contributed by atoms with Crippen LogP contribution in [0.2, 0.25) is 0 Å². The van der Waals surface area contributed by atoms with Crippen LogP contribution in [-0.4, -0.2) is 43.7 Å². The number of fused-ring (bicyclic) bond motifs is 1. The molecule has 5 rings (SSSR count). The molecule has 1 aliphatic rings. The molecule has 0 bridgehead atoms. The number of benzene rings is 2. The summed E-state index contributed by atoms with van der Waals surface area (Å²) >= 11 is 0. The van der Waals surface area contributed by atoms with Gasteiger partial charge < -0.3 is 21.3 Å². The Hall–Kier alpha value is -4.61. The first-order chi connectivity index (χ1) is 20.2.